The van der Waals surface area contributed by atoms with Gasteiger partial charge in [0.15, 0.2) is 0 Å². The molecular formula is C19H25ClN4O. The van der Waals surface area contributed by atoms with Crippen LogP contribution in [0.2, 0.25) is 0 Å². The molecule has 0 spiro atoms. The van der Waals surface area contributed by atoms with E-state index in [-0.39, 0.29) is 16.5 Å². The first-order valence-corrected chi connectivity index (χ1v) is 8.87. The molecule has 3 N–H and O–H groups in total. The fourth-order valence-electron chi connectivity index (χ4n) is 2.54. The number of hydrogen-bond acceptors (Lipinski definition) is 5. The number of hydrogen-bond donors (Lipinski definition) is 2. The summed E-state index contributed by atoms with van der Waals surface area (Å²) in [5.41, 5.74) is 8.99. The van der Waals surface area contributed by atoms with E-state index >= 15 is 0 Å². The molecule has 5 nitrogen and oxygen atoms in total. The van der Waals surface area contributed by atoms with E-state index in [1.54, 1.807) is 13.0 Å². The van der Waals surface area contributed by atoms with Crippen molar-refractivity contribution in [3.63, 3.8) is 0 Å². The molecule has 0 amide bonds. The summed E-state index contributed by atoms with van der Waals surface area (Å²) < 4.78 is 0. The third-order valence-corrected chi connectivity index (χ3v) is 4.57. The van der Waals surface area contributed by atoms with Crippen LogP contribution in [0.25, 0.3) is 0 Å². The van der Waals surface area contributed by atoms with Crippen LogP contribution < -0.4 is 11.1 Å². The Labute approximate surface area is 154 Å². The summed E-state index contributed by atoms with van der Waals surface area (Å²) in [6, 6.07) is 7.78. The fourth-order valence-corrected chi connectivity index (χ4v) is 2.79. The summed E-state index contributed by atoms with van der Waals surface area (Å²) >= 11 is 5.97. The number of nitrogens with two attached hydrogens (primary N) is 1. The highest BCUT2D eigenvalue weighted by molar-refractivity contribution is 6.49. The largest absolute Gasteiger partial charge is 0.396 e. The maximum Gasteiger partial charge on any atom is 0.202 e. The summed E-state index contributed by atoms with van der Waals surface area (Å²) in [5.74, 6) is -0.245. The number of aliphatic imine (C=N–C) groups is 1. The Balaban J connectivity index is 2.04. The van der Waals surface area contributed by atoms with Gasteiger partial charge in [0.05, 0.1) is 17.1 Å². The van der Waals surface area contributed by atoms with Gasteiger partial charge in [0.25, 0.3) is 0 Å². The topological polar surface area (TPSA) is 70.7 Å². The normalized spacial score (nSPS) is 16.6. The van der Waals surface area contributed by atoms with Crippen LogP contribution in [0.1, 0.15) is 20.8 Å². The summed E-state index contributed by atoms with van der Waals surface area (Å²) in [5, 5.41) is 3.44. The number of halogens is 1. The van der Waals surface area contributed by atoms with Crippen LogP contribution in [0, 0.1) is 0 Å². The van der Waals surface area contributed by atoms with Gasteiger partial charge in [-0.25, -0.2) is 4.99 Å². The summed E-state index contributed by atoms with van der Waals surface area (Å²) in [6.45, 7) is 10.1. The molecule has 0 aromatic heterocycles. The van der Waals surface area contributed by atoms with Gasteiger partial charge in [-0.3, -0.25) is 4.79 Å². The van der Waals surface area contributed by atoms with Crippen molar-refractivity contribution in [2.24, 2.45) is 10.7 Å². The number of Topliss-reactive ketones (excluding diaryl/α,β-unsaturated/α-hetero) is 1. The van der Waals surface area contributed by atoms with Gasteiger partial charge in [0.2, 0.25) is 5.78 Å². The van der Waals surface area contributed by atoms with Crippen LogP contribution in [-0.2, 0) is 4.79 Å². The molecular weight excluding hydrogens is 336 g/mol. The minimum Gasteiger partial charge on any atom is -0.396 e. The van der Waals surface area contributed by atoms with E-state index in [2.05, 4.69) is 29.1 Å². The van der Waals surface area contributed by atoms with Gasteiger partial charge in [-0.15, -0.1) is 0 Å². The average Bonchev–Trinajstić information content (AvgIpc) is 2.63. The second-order valence-electron chi connectivity index (χ2n) is 5.88. The van der Waals surface area contributed by atoms with Crippen molar-refractivity contribution in [2.45, 2.75) is 20.8 Å². The standard InChI is InChI=1S/C19H25ClN4O/c1-4-24(5-2)11-10-22-14-6-8-15(9-7-14)23-16-12-13(3)19(25)17(20)18(16)21/h6-9,12,22H,4-5,10-11,21H2,1-3H3. The summed E-state index contributed by atoms with van der Waals surface area (Å²) in [4.78, 5) is 18.6. The molecule has 0 aliphatic heterocycles. The van der Waals surface area contributed by atoms with E-state index in [4.69, 9.17) is 17.3 Å². The number of anilines is 1. The van der Waals surface area contributed by atoms with Crippen LogP contribution in [0.4, 0.5) is 11.4 Å². The second-order valence-corrected chi connectivity index (χ2v) is 6.26. The fraction of sp³-hybridized carbons (Fsp3) is 0.368. The molecule has 0 fully saturated rings. The molecule has 1 aliphatic carbocycles. The SMILES string of the molecule is CCN(CC)CCNc1ccc(N=C2C=C(C)C(=O)C(Cl)=C2N)cc1. The van der Waals surface area contributed by atoms with Crippen LogP contribution in [0.5, 0.6) is 0 Å². The molecule has 0 saturated carbocycles. The van der Waals surface area contributed by atoms with Crippen LogP contribution in [0.15, 0.2) is 51.6 Å². The van der Waals surface area contributed by atoms with E-state index in [1.165, 1.54) is 0 Å². The Kier molecular flexibility index (Phi) is 6.79. The van der Waals surface area contributed by atoms with Crippen LogP contribution in [0.3, 0.4) is 0 Å². The van der Waals surface area contributed by atoms with E-state index in [9.17, 15) is 4.79 Å². The first-order valence-electron chi connectivity index (χ1n) is 8.49. The van der Waals surface area contributed by atoms with Crippen molar-refractivity contribution >= 4 is 34.5 Å². The average molecular weight is 361 g/mol. The van der Waals surface area contributed by atoms with Gasteiger partial charge >= 0.3 is 0 Å². The quantitative estimate of drug-likeness (QED) is 0.730. The molecule has 0 bridgehead atoms. The molecule has 134 valence electrons. The lowest BCUT2D eigenvalue weighted by atomic mass is 10.0. The Morgan fingerprint density at radius 3 is 2.44 bits per heavy atom. The zero-order valence-electron chi connectivity index (χ0n) is 15.0. The van der Waals surface area contributed by atoms with Crippen LogP contribution in [-0.4, -0.2) is 42.6 Å². The van der Waals surface area contributed by atoms with Gasteiger partial charge in [-0.05, 0) is 50.4 Å². The number of benzene rings is 1. The molecule has 1 aromatic carbocycles. The van der Waals surface area contributed by atoms with E-state index in [0.29, 0.717) is 11.3 Å². The molecule has 0 heterocycles. The highest BCUT2D eigenvalue weighted by atomic mass is 35.5. The molecule has 0 saturated heterocycles. The number of likely N-dealkylation sites (N-methyl/N-ethyl adjacent to an activating group) is 1. The lowest BCUT2D eigenvalue weighted by Gasteiger charge is -2.18. The number of rotatable bonds is 7. The first-order chi connectivity index (χ1) is 12.0. The Morgan fingerprint density at radius 2 is 1.84 bits per heavy atom. The monoisotopic (exact) mass is 360 g/mol. The number of nitrogens with one attached hydrogen (secondary N) is 1. The molecule has 0 atom stereocenters. The van der Waals surface area contributed by atoms with Crippen molar-refractivity contribution in [1.29, 1.82) is 0 Å². The van der Waals surface area contributed by atoms with Crippen molar-refractivity contribution in [1.82, 2.24) is 4.90 Å². The van der Waals surface area contributed by atoms with Crippen molar-refractivity contribution in [2.75, 3.05) is 31.5 Å². The Bertz CT molecular complexity index is 715. The lowest BCUT2D eigenvalue weighted by molar-refractivity contribution is -0.111. The minimum atomic E-state index is -0.245. The van der Waals surface area contributed by atoms with E-state index in [1.807, 2.05) is 24.3 Å². The number of allylic oxidation sites excluding steroid dienone is 3. The van der Waals surface area contributed by atoms with Crippen molar-refractivity contribution < 1.29 is 4.79 Å². The maximum atomic E-state index is 11.8. The molecule has 0 unspecified atom stereocenters. The van der Waals surface area contributed by atoms with E-state index < -0.39 is 0 Å². The maximum absolute atomic E-state index is 11.8. The third kappa shape index (κ3) is 4.94. The molecule has 1 aromatic rings. The summed E-state index contributed by atoms with van der Waals surface area (Å²) in [6.07, 6.45) is 1.67. The molecule has 6 heteroatoms. The molecule has 25 heavy (non-hydrogen) atoms. The molecule has 1 aliphatic rings. The highest BCUT2D eigenvalue weighted by Crippen LogP contribution is 2.23. The number of carbonyl (C=O) groups excluding carboxylic acids is 1. The van der Waals surface area contributed by atoms with Gasteiger partial charge in [-0.2, -0.15) is 0 Å². The zero-order valence-corrected chi connectivity index (χ0v) is 15.7. The first kappa shape index (κ1) is 19.2. The third-order valence-electron chi connectivity index (χ3n) is 4.19. The Hall–Kier alpha value is -2.11. The lowest BCUT2D eigenvalue weighted by Crippen LogP contribution is -2.28. The Morgan fingerprint density at radius 1 is 1.20 bits per heavy atom. The smallest absolute Gasteiger partial charge is 0.202 e. The highest BCUT2D eigenvalue weighted by Gasteiger charge is 2.21. The second kappa shape index (κ2) is 8.83. The van der Waals surface area contributed by atoms with Gasteiger partial charge < -0.3 is 16.0 Å². The van der Waals surface area contributed by atoms with Crippen molar-refractivity contribution in [3.8, 4) is 0 Å². The molecule has 2 rings (SSSR count). The van der Waals surface area contributed by atoms with Gasteiger partial charge in [-0.1, -0.05) is 25.4 Å². The predicted molar refractivity (Wildman–Crippen MR) is 106 cm³/mol. The minimum absolute atomic E-state index is 0.0356. The number of nitrogens with zero attached hydrogens (tertiary/aromatic N) is 2. The van der Waals surface area contributed by atoms with Gasteiger partial charge in [0, 0.05) is 24.4 Å². The van der Waals surface area contributed by atoms with Crippen LogP contribution >= 0.6 is 11.6 Å². The zero-order chi connectivity index (χ0) is 18.4. The number of carbonyl (C=O) groups is 1. The number of ketones is 1. The van der Waals surface area contributed by atoms with Gasteiger partial charge in [0.1, 0.15) is 5.03 Å². The van der Waals surface area contributed by atoms with E-state index in [0.717, 1.165) is 37.6 Å². The van der Waals surface area contributed by atoms with Crippen molar-refractivity contribution in [3.05, 3.63) is 46.6 Å². The predicted octanol–water partition coefficient (Wildman–Crippen LogP) is 3.45. The summed E-state index contributed by atoms with van der Waals surface area (Å²) in [7, 11) is 0. The molecule has 0 radical (unpaired) electrons.